The molecule has 0 N–H and O–H groups in total. The minimum Gasteiger partial charge on any atom is -0.340 e. The average molecular weight is 416 g/mol. The topological polar surface area (TPSA) is 103 Å². The van der Waals surface area contributed by atoms with Crippen molar-refractivity contribution in [2.24, 2.45) is 0 Å². The molecule has 1 heterocycles. The van der Waals surface area contributed by atoms with Crippen LogP contribution in [0.4, 0.5) is 0 Å². The summed E-state index contributed by atoms with van der Waals surface area (Å²) < 4.78 is 1.45. The third kappa shape index (κ3) is 5.35. The minimum atomic E-state index is -0.234. The van der Waals surface area contributed by atoms with Crippen LogP contribution in [0, 0.1) is 22.7 Å². The summed E-state index contributed by atoms with van der Waals surface area (Å²) in [6, 6.07) is 8.85. The fraction of sp³-hybridized carbons (Fsp3) is 0.316. The second kappa shape index (κ2) is 10.5. The number of nitrogens with zero attached hydrogens (tertiary/aromatic N) is 5. The first-order chi connectivity index (χ1) is 13.5. The molecule has 0 radical (unpaired) electrons. The summed E-state index contributed by atoms with van der Waals surface area (Å²) in [5, 5.41) is 18.8. The molecule has 1 aromatic heterocycles. The molecule has 0 saturated heterocycles. The second-order valence-corrected chi connectivity index (χ2v) is 7.12. The molecular weight excluding hydrogens is 398 g/mol. The molecule has 0 aliphatic heterocycles. The van der Waals surface area contributed by atoms with Gasteiger partial charge in [0.15, 0.2) is 5.16 Å². The molecule has 0 spiro atoms. The molecule has 2 rings (SSSR count). The molecule has 1 aromatic carbocycles. The Morgan fingerprint density at radius 3 is 2.61 bits per heavy atom. The summed E-state index contributed by atoms with van der Waals surface area (Å²) in [5.74, 6) is -0.187. The van der Waals surface area contributed by atoms with Gasteiger partial charge in [-0.3, -0.25) is 14.2 Å². The van der Waals surface area contributed by atoms with Crippen LogP contribution in [0.5, 0.6) is 0 Å². The number of fused-ring (bicyclic) bond motifs is 1. The number of benzene rings is 1. The van der Waals surface area contributed by atoms with Gasteiger partial charge in [-0.15, -0.1) is 6.58 Å². The van der Waals surface area contributed by atoms with Crippen LogP contribution < -0.4 is 5.56 Å². The van der Waals surface area contributed by atoms with Gasteiger partial charge in [0.1, 0.15) is 0 Å². The monoisotopic (exact) mass is 415 g/mol. The van der Waals surface area contributed by atoms with Crippen molar-refractivity contribution in [2.45, 2.75) is 24.5 Å². The molecule has 0 bridgehead atoms. The molecule has 0 saturated carbocycles. The average Bonchev–Trinajstić information content (AvgIpc) is 2.68. The molecule has 0 unspecified atom stereocenters. The first-order valence-electron chi connectivity index (χ1n) is 8.47. The highest BCUT2D eigenvalue weighted by Gasteiger charge is 2.17. The largest absolute Gasteiger partial charge is 0.340 e. The fourth-order valence-corrected chi connectivity index (χ4v) is 3.60. The minimum absolute atomic E-state index is 0.0342. The molecule has 2 aromatic rings. The summed E-state index contributed by atoms with van der Waals surface area (Å²) in [5.41, 5.74) is 0.223. The number of thioether (sulfide) groups is 1. The van der Waals surface area contributed by atoms with Gasteiger partial charge in [0.2, 0.25) is 5.91 Å². The van der Waals surface area contributed by atoms with E-state index in [1.165, 1.54) is 9.47 Å². The number of amides is 1. The molecule has 0 aliphatic carbocycles. The summed E-state index contributed by atoms with van der Waals surface area (Å²) >= 11 is 7.13. The van der Waals surface area contributed by atoms with E-state index in [-0.39, 0.29) is 49.7 Å². The number of hydrogen-bond acceptors (Lipinski definition) is 6. The molecule has 7 nitrogen and oxygen atoms in total. The first-order valence-corrected chi connectivity index (χ1v) is 9.83. The van der Waals surface area contributed by atoms with Crippen molar-refractivity contribution in [1.82, 2.24) is 14.5 Å². The van der Waals surface area contributed by atoms with Gasteiger partial charge < -0.3 is 4.90 Å². The third-order valence-electron chi connectivity index (χ3n) is 3.86. The lowest BCUT2D eigenvalue weighted by atomic mass is 10.2. The Labute approximate surface area is 171 Å². The number of carbonyl (C=O) groups is 1. The molecule has 9 heteroatoms. The van der Waals surface area contributed by atoms with Crippen LogP contribution >= 0.6 is 23.4 Å². The molecule has 0 fully saturated rings. The molecule has 0 aliphatic rings. The van der Waals surface area contributed by atoms with Gasteiger partial charge in [-0.2, -0.15) is 10.5 Å². The van der Waals surface area contributed by atoms with Gasteiger partial charge in [0.05, 0.1) is 41.6 Å². The van der Waals surface area contributed by atoms with Crippen LogP contribution in [-0.4, -0.2) is 39.2 Å². The zero-order valence-electron chi connectivity index (χ0n) is 15.1. The number of hydrogen-bond donors (Lipinski definition) is 0. The Hall–Kier alpha value is -2.81. The lowest BCUT2D eigenvalue weighted by molar-refractivity contribution is -0.128. The molecule has 0 atom stereocenters. The van der Waals surface area contributed by atoms with Crippen molar-refractivity contribution in [3.05, 3.63) is 46.2 Å². The molecule has 28 heavy (non-hydrogen) atoms. The Balaban J connectivity index is 2.28. The van der Waals surface area contributed by atoms with Crippen molar-refractivity contribution in [2.75, 3.05) is 18.8 Å². The maximum absolute atomic E-state index is 12.8. The number of allylic oxidation sites excluding steroid dienone is 1. The number of rotatable bonds is 9. The zero-order valence-corrected chi connectivity index (χ0v) is 16.7. The van der Waals surface area contributed by atoms with Crippen LogP contribution in [-0.2, 0) is 11.3 Å². The third-order valence-corrected chi connectivity index (χ3v) is 5.05. The lowest BCUT2D eigenvalue weighted by Gasteiger charge is -2.20. The van der Waals surface area contributed by atoms with E-state index in [0.29, 0.717) is 21.1 Å². The van der Waals surface area contributed by atoms with Crippen molar-refractivity contribution in [3.8, 4) is 12.1 Å². The van der Waals surface area contributed by atoms with Gasteiger partial charge in [-0.25, -0.2) is 4.98 Å². The van der Waals surface area contributed by atoms with Crippen LogP contribution in [0.15, 0.2) is 40.8 Å². The van der Waals surface area contributed by atoms with E-state index >= 15 is 0 Å². The van der Waals surface area contributed by atoms with E-state index in [9.17, 15) is 9.59 Å². The van der Waals surface area contributed by atoms with Gasteiger partial charge in [-0.05, 0) is 18.2 Å². The van der Waals surface area contributed by atoms with Crippen LogP contribution in [0.3, 0.4) is 0 Å². The first kappa shape index (κ1) is 21.5. The molecule has 144 valence electrons. The Morgan fingerprint density at radius 1 is 1.32 bits per heavy atom. The SMILES string of the molecule is C=CCn1c(SCC(=O)N(CCC#N)CCC#N)nc2cc(Cl)ccc2c1=O. The smallest absolute Gasteiger partial charge is 0.262 e. The van der Waals surface area contributed by atoms with Crippen LogP contribution in [0.2, 0.25) is 5.02 Å². The van der Waals surface area contributed by atoms with Gasteiger partial charge in [-0.1, -0.05) is 29.4 Å². The maximum atomic E-state index is 12.8. The van der Waals surface area contributed by atoms with Crippen LogP contribution in [0.1, 0.15) is 12.8 Å². The maximum Gasteiger partial charge on any atom is 0.262 e. The van der Waals surface area contributed by atoms with Gasteiger partial charge in [0.25, 0.3) is 5.56 Å². The van der Waals surface area contributed by atoms with E-state index in [1.54, 1.807) is 24.3 Å². The fourth-order valence-electron chi connectivity index (χ4n) is 2.52. The summed E-state index contributed by atoms with van der Waals surface area (Å²) in [6.45, 7) is 4.45. The van der Waals surface area contributed by atoms with Crippen molar-refractivity contribution in [3.63, 3.8) is 0 Å². The number of aromatic nitrogens is 2. The van der Waals surface area contributed by atoms with Crippen molar-refractivity contribution >= 4 is 40.2 Å². The van der Waals surface area contributed by atoms with Crippen molar-refractivity contribution in [1.29, 1.82) is 10.5 Å². The Bertz CT molecular complexity index is 1000. The van der Waals surface area contributed by atoms with Gasteiger partial charge >= 0.3 is 0 Å². The standard InChI is InChI=1S/C19H18ClN5O2S/c1-2-9-25-18(27)15-6-5-14(20)12-16(15)23-19(25)28-13-17(26)24(10-3-7-21)11-4-8-22/h2,5-6,12H,1,3-4,9-11,13H2. The van der Waals surface area contributed by atoms with E-state index in [1.807, 2.05) is 12.1 Å². The zero-order chi connectivity index (χ0) is 20.5. The van der Waals surface area contributed by atoms with E-state index in [0.717, 1.165) is 11.8 Å². The number of nitriles is 2. The summed E-state index contributed by atoms with van der Waals surface area (Å²) in [4.78, 5) is 31.3. The Kier molecular flexibility index (Phi) is 8.06. The molecular formula is C19H18ClN5O2S. The predicted molar refractivity (Wildman–Crippen MR) is 109 cm³/mol. The Morgan fingerprint density at radius 2 is 2.00 bits per heavy atom. The van der Waals surface area contributed by atoms with E-state index in [2.05, 4.69) is 11.6 Å². The predicted octanol–water partition coefficient (Wildman–Crippen LogP) is 2.98. The summed E-state index contributed by atoms with van der Waals surface area (Å²) in [7, 11) is 0. The number of halogens is 1. The second-order valence-electron chi connectivity index (χ2n) is 5.75. The van der Waals surface area contributed by atoms with Gasteiger partial charge in [0, 0.05) is 24.7 Å². The highest BCUT2D eigenvalue weighted by Crippen LogP contribution is 2.21. The summed E-state index contributed by atoms with van der Waals surface area (Å²) in [6.07, 6.45) is 1.97. The van der Waals surface area contributed by atoms with Crippen molar-refractivity contribution < 1.29 is 4.79 Å². The van der Waals surface area contributed by atoms with E-state index < -0.39 is 0 Å². The van der Waals surface area contributed by atoms with Crippen LogP contribution in [0.25, 0.3) is 10.9 Å². The van der Waals surface area contributed by atoms with E-state index in [4.69, 9.17) is 22.1 Å². The molecule has 1 amide bonds. The lowest BCUT2D eigenvalue weighted by Crippen LogP contribution is -2.34. The highest BCUT2D eigenvalue weighted by molar-refractivity contribution is 7.99. The number of carbonyl (C=O) groups excluding carboxylic acids is 1. The normalized spacial score (nSPS) is 10.2. The quantitative estimate of drug-likeness (QED) is 0.354. The highest BCUT2D eigenvalue weighted by atomic mass is 35.5.